The minimum absolute atomic E-state index is 0.114. The predicted molar refractivity (Wildman–Crippen MR) is 266 cm³/mol. The molecule has 0 amide bonds. The van der Waals surface area contributed by atoms with Crippen molar-refractivity contribution in [3.05, 3.63) is 217 Å². The molecule has 0 unspecified atom stereocenters. The van der Waals surface area contributed by atoms with Crippen LogP contribution < -0.4 is 0 Å². The summed E-state index contributed by atoms with van der Waals surface area (Å²) in [6, 6.07) is 16.1. The van der Waals surface area contributed by atoms with Gasteiger partial charge in [-0.25, -0.2) is 0 Å². The van der Waals surface area contributed by atoms with Gasteiger partial charge in [0.1, 0.15) is 23.0 Å². The molecule has 8 heteroatoms. The highest BCUT2D eigenvalue weighted by atomic mass is 16.3. The summed E-state index contributed by atoms with van der Waals surface area (Å²) < 4.78 is 0. The van der Waals surface area contributed by atoms with E-state index in [4.69, 9.17) is 0 Å². The molecule has 0 spiro atoms. The van der Waals surface area contributed by atoms with Crippen LogP contribution in [0.5, 0.6) is 23.0 Å². The first-order valence-corrected chi connectivity index (χ1v) is 22.1. The van der Waals surface area contributed by atoms with Gasteiger partial charge in [-0.3, -0.25) is 19.6 Å². The Morgan fingerprint density at radius 2 is 0.438 bits per heavy atom. The Kier molecular flexibility index (Phi) is 18.4. The molecule has 0 saturated heterocycles. The number of phenolic OH excluding ortho intramolecular Hbond substituents is 4. The second-order valence-corrected chi connectivity index (χ2v) is 16.8. The van der Waals surface area contributed by atoms with Gasteiger partial charge < -0.3 is 20.4 Å². The Morgan fingerprint density at radius 1 is 0.297 bits per heavy atom. The molecule has 8 nitrogen and oxygen atoms in total. The minimum atomic E-state index is 0.114. The Labute approximate surface area is 382 Å². The molecule has 0 aliphatic heterocycles. The third-order valence-corrected chi connectivity index (χ3v) is 11.6. The van der Waals surface area contributed by atoms with Gasteiger partial charge in [-0.05, 0) is 66.8 Å². The van der Waals surface area contributed by atoms with E-state index in [0.29, 0.717) is 123 Å². The van der Waals surface area contributed by atoms with Crippen LogP contribution in [0.25, 0.3) is 0 Å². The van der Waals surface area contributed by atoms with Gasteiger partial charge in [0.25, 0.3) is 0 Å². The van der Waals surface area contributed by atoms with Crippen molar-refractivity contribution in [3.8, 4) is 23.0 Å². The van der Waals surface area contributed by atoms with E-state index in [1.807, 2.05) is 97.1 Å². The van der Waals surface area contributed by atoms with Gasteiger partial charge in [-0.1, -0.05) is 97.1 Å². The SMILES string of the molecule is C=CCN(CC=C)Cc1cc2c(O)c(c1)Cc1cc(CN(CC=C)CC=C)cc(c1O)Cc1cc(CN(CC=C)CC=C)cc(c1O)Cc1cc(CN(CC=C)CC=C)cc(c1O)C2. The molecule has 8 bridgehead atoms. The minimum Gasteiger partial charge on any atom is -0.507 e. The summed E-state index contributed by atoms with van der Waals surface area (Å²) in [5, 5.41) is 49.1. The third kappa shape index (κ3) is 13.0. The van der Waals surface area contributed by atoms with Crippen LogP contribution in [-0.2, 0) is 51.9 Å². The molecule has 1 aliphatic rings. The summed E-state index contributed by atoms with van der Waals surface area (Å²) in [5.74, 6) is 0.458. The van der Waals surface area contributed by atoms with E-state index < -0.39 is 0 Å². The number of fused-ring (bicyclic) bond motifs is 8. The zero-order valence-electron chi connectivity index (χ0n) is 37.8. The van der Waals surface area contributed by atoms with Gasteiger partial charge in [-0.15, -0.1) is 52.6 Å². The summed E-state index contributed by atoms with van der Waals surface area (Å²) in [4.78, 5) is 8.84. The summed E-state index contributed by atoms with van der Waals surface area (Å²) in [6.45, 7) is 39.2. The molecule has 4 N–H and O–H groups in total. The van der Waals surface area contributed by atoms with Crippen LogP contribution in [0.4, 0.5) is 0 Å². The number of rotatable bonds is 24. The number of hydrogen-bond donors (Lipinski definition) is 4. The monoisotopic (exact) mass is 861 g/mol. The van der Waals surface area contributed by atoms with E-state index in [1.54, 1.807) is 0 Å². The molecule has 336 valence electrons. The van der Waals surface area contributed by atoms with Gasteiger partial charge in [0.15, 0.2) is 0 Å². The summed E-state index contributed by atoms with van der Waals surface area (Å²) >= 11 is 0. The van der Waals surface area contributed by atoms with Crippen molar-refractivity contribution < 1.29 is 20.4 Å². The molecule has 4 aromatic carbocycles. The van der Waals surface area contributed by atoms with Crippen molar-refractivity contribution in [3.63, 3.8) is 0 Å². The highest BCUT2D eigenvalue weighted by Gasteiger charge is 2.23. The fourth-order valence-electron chi connectivity index (χ4n) is 8.90. The number of benzene rings is 4. The van der Waals surface area contributed by atoms with E-state index in [1.165, 1.54) is 0 Å². The summed E-state index contributed by atoms with van der Waals surface area (Å²) in [6.07, 6.45) is 15.9. The van der Waals surface area contributed by atoms with E-state index in [0.717, 1.165) is 22.3 Å². The van der Waals surface area contributed by atoms with Crippen LogP contribution >= 0.6 is 0 Å². The highest BCUT2D eigenvalue weighted by molar-refractivity contribution is 5.57. The molecular formula is C56H68N4O4. The lowest BCUT2D eigenvalue weighted by Gasteiger charge is -2.24. The first-order chi connectivity index (χ1) is 31.0. The Morgan fingerprint density at radius 3 is 0.562 bits per heavy atom. The first kappa shape index (κ1) is 48.9. The van der Waals surface area contributed by atoms with Crippen LogP contribution in [0.2, 0.25) is 0 Å². The number of nitrogens with zero attached hydrogens (tertiary/aromatic N) is 4. The van der Waals surface area contributed by atoms with E-state index in [9.17, 15) is 20.4 Å². The third-order valence-electron chi connectivity index (χ3n) is 11.6. The zero-order chi connectivity index (χ0) is 46.2. The predicted octanol–water partition coefficient (Wildman–Crippen LogP) is 9.88. The molecular weight excluding hydrogens is 793 g/mol. The number of phenols is 4. The second kappa shape index (κ2) is 24.1. The van der Waals surface area contributed by atoms with Crippen molar-refractivity contribution in [2.75, 3.05) is 52.4 Å². The van der Waals surface area contributed by atoms with Gasteiger partial charge in [0.2, 0.25) is 0 Å². The van der Waals surface area contributed by atoms with Crippen molar-refractivity contribution in [1.82, 2.24) is 19.6 Å². The van der Waals surface area contributed by atoms with Crippen LogP contribution in [0, 0.1) is 0 Å². The average molecular weight is 861 g/mol. The molecule has 5 rings (SSSR count). The number of aromatic hydroxyl groups is 4. The van der Waals surface area contributed by atoms with E-state index >= 15 is 0 Å². The topological polar surface area (TPSA) is 93.9 Å². The van der Waals surface area contributed by atoms with E-state index in [-0.39, 0.29) is 48.7 Å². The van der Waals surface area contributed by atoms with Gasteiger partial charge in [0, 0.05) is 104 Å². The normalized spacial score (nSPS) is 12.3. The highest BCUT2D eigenvalue weighted by Crippen LogP contribution is 2.40. The standard InChI is InChI=1S/C56H68N4O4/c1-9-17-57(18-10-2)37-41-25-45-33-47-27-42(38-58(19-11-3)20-12-4)29-49(54(47)62)35-51-31-44(40-60(23-15-7)24-16-8)32-52(56(51)64)36-50-30-43(39-59(21-13-5)22-14-6)28-48(55(50)63)34-46(26-41)53(45)61/h9-16,25-32,61-64H,1-8,17-24,33-40H2. The van der Waals surface area contributed by atoms with Crippen LogP contribution in [-0.4, -0.2) is 92.4 Å². The lowest BCUT2D eigenvalue weighted by atomic mass is 9.88. The van der Waals surface area contributed by atoms with Gasteiger partial charge in [0.05, 0.1) is 0 Å². The maximum absolute atomic E-state index is 12.3. The molecule has 0 fully saturated rings. The Balaban J connectivity index is 1.81. The molecule has 0 radical (unpaired) electrons. The van der Waals surface area contributed by atoms with Crippen LogP contribution in [0.15, 0.2) is 150 Å². The summed E-state index contributed by atoms with van der Waals surface area (Å²) in [5.41, 5.74) is 9.11. The molecule has 4 aromatic rings. The van der Waals surface area contributed by atoms with Crippen LogP contribution in [0.1, 0.15) is 66.8 Å². The Hall–Kier alpha value is -6.16. The maximum atomic E-state index is 12.3. The molecule has 64 heavy (non-hydrogen) atoms. The lowest BCUT2D eigenvalue weighted by molar-refractivity contribution is 0.327. The first-order valence-electron chi connectivity index (χ1n) is 22.1. The van der Waals surface area contributed by atoms with Crippen molar-refractivity contribution >= 4 is 0 Å². The van der Waals surface area contributed by atoms with E-state index in [2.05, 4.69) is 72.2 Å². The number of hydrogen-bond acceptors (Lipinski definition) is 8. The van der Waals surface area contributed by atoms with Gasteiger partial charge >= 0.3 is 0 Å². The molecule has 0 heterocycles. The van der Waals surface area contributed by atoms with Gasteiger partial charge in [-0.2, -0.15) is 0 Å². The Bertz CT molecular complexity index is 1880. The second-order valence-electron chi connectivity index (χ2n) is 16.8. The molecule has 1 aliphatic carbocycles. The van der Waals surface area contributed by atoms with Crippen molar-refractivity contribution in [1.29, 1.82) is 0 Å². The van der Waals surface area contributed by atoms with Crippen molar-refractivity contribution in [2.24, 2.45) is 0 Å². The van der Waals surface area contributed by atoms with Crippen LogP contribution in [0.3, 0.4) is 0 Å². The van der Waals surface area contributed by atoms with Crippen molar-refractivity contribution in [2.45, 2.75) is 51.9 Å². The maximum Gasteiger partial charge on any atom is 0.122 e. The largest absolute Gasteiger partial charge is 0.507 e. The molecule has 0 aromatic heterocycles. The molecule has 0 atom stereocenters. The summed E-state index contributed by atoms with van der Waals surface area (Å²) in [7, 11) is 0. The fourth-order valence-corrected chi connectivity index (χ4v) is 8.90. The zero-order valence-corrected chi connectivity index (χ0v) is 37.8. The quantitative estimate of drug-likeness (QED) is 0.0456. The smallest absolute Gasteiger partial charge is 0.122 e. The molecule has 0 saturated carbocycles. The fraction of sp³-hybridized carbons (Fsp3) is 0.286. The average Bonchev–Trinajstić information content (AvgIpc) is 3.24. The lowest BCUT2D eigenvalue weighted by Crippen LogP contribution is -2.24.